The van der Waals surface area contributed by atoms with Crippen LogP contribution in [0.15, 0.2) is 5.18 Å². The van der Waals surface area contributed by atoms with Crippen LogP contribution in [0.1, 0.15) is 24.0 Å². The van der Waals surface area contributed by atoms with Gasteiger partial charge in [0.15, 0.2) is 11.7 Å². The minimum absolute atomic E-state index is 0.124. The SMILES string of the molecule is O=Nc1[nH]c(O)c2c1CCCC2. The lowest BCUT2D eigenvalue weighted by atomic mass is 9.95. The quantitative estimate of drug-likeness (QED) is 0.626. The summed E-state index contributed by atoms with van der Waals surface area (Å²) in [6.07, 6.45) is 3.87. The molecule has 0 amide bonds. The summed E-state index contributed by atoms with van der Waals surface area (Å²) in [5.74, 6) is 0.432. The molecule has 1 aromatic rings. The lowest BCUT2D eigenvalue weighted by Gasteiger charge is -2.09. The van der Waals surface area contributed by atoms with Gasteiger partial charge in [-0.1, -0.05) is 0 Å². The van der Waals surface area contributed by atoms with E-state index in [0.29, 0.717) is 5.82 Å². The summed E-state index contributed by atoms with van der Waals surface area (Å²) in [5, 5.41) is 12.2. The number of aromatic nitrogens is 1. The normalized spacial score (nSPS) is 15.7. The first-order chi connectivity index (χ1) is 5.83. The number of aromatic amines is 1. The highest BCUT2D eigenvalue weighted by molar-refractivity contribution is 5.52. The van der Waals surface area contributed by atoms with Crippen molar-refractivity contribution < 1.29 is 5.11 Å². The molecule has 0 aliphatic heterocycles. The van der Waals surface area contributed by atoms with E-state index in [1.54, 1.807) is 0 Å². The number of nitrogens with zero attached hydrogens (tertiary/aromatic N) is 1. The Balaban J connectivity index is 2.53. The zero-order valence-electron chi connectivity index (χ0n) is 6.63. The van der Waals surface area contributed by atoms with Crippen LogP contribution in [0.5, 0.6) is 5.88 Å². The number of hydrogen-bond acceptors (Lipinski definition) is 3. The molecule has 0 radical (unpaired) electrons. The lowest BCUT2D eigenvalue weighted by Crippen LogP contribution is -1.98. The van der Waals surface area contributed by atoms with Gasteiger partial charge in [0.05, 0.1) is 0 Å². The molecule has 0 fully saturated rings. The molecule has 1 heterocycles. The summed E-state index contributed by atoms with van der Waals surface area (Å²) in [4.78, 5) is 12.9. The second kappa shape index (κ2) is 2.62. The third kappa shape index (κ3) is 0.913. The second-order valence-electron chi connectivity index (χ2n) is 3.08. The van der Waals surface area contributed by atoms with Crippen LogP contribution in [0.3, 0.4) is 0 Å². The topological polar surface area (TPSA) is 65.5 Å². The van der Waals surface area contributed by atoms with Crippen molar-refractivity contribution >= 4 is 5.82 Å². The smallest absolute Gasteiger partial charge is 0.193 e. The Hall–Kier alpha value is -1.32. The van der Waals surface area contributed by atoms with Gasteiger partial charge in [-0.25, -0.2) is 0 Å². The summed E-state index contributed by atoms with van der Waals surface area (Å²) in [5.41, 5.74) is 1.80. The van der Waals surface area contributed by atoms with E-state index in [1.165, 1.54) is 0 Å². The summed E-state index contributed by atoms with van der Waals surface area (Å²) in [6, 6.07) is 0. The zero-order valence-corrected chi connectivity index (χ0v) is 6.63. The molecule has 0 spiro atoms. The van der Waals surface area contributed by atoms with E-state index < -0.39 is 0 Å². The van der Waals surface area contributed by atoms with Crippen LogP contribution >= 0.6 is 0 Å². The van der Waals surface area contributed by atoms with E-state index >= 15 is 0 Å². The molecule has 12 heavy (non-hydrogen) atoms. The van der Waals surface area contributed by atoms with Gasteiger partial charge in [-0.15, -0.1) is 4.91 Å². The van der Waals surface area contributed by atoms with E-state index in [1.807, 2.05) is 0 Å². The van der Waals surface area contributed by atoms with Gasteiger partial charge >= 0.3 is 0 Å². The third-order valence-electron chi connectivity index (χ3n) is 2.37. The van der Waals surface area contributed by atoms with Crippen LogP contribution in [0.4, 0.5) is 5.82 Å². The number of H-pyrrole nitrogens is 1. The van der Waals surface area contributed by atoms with Crippen molar-refractivity contribution in [2.24, 2.45) is 5.18 Å². The molecule has 0 atom stereocenters. The Kier molecular flexibility index (Phi) is 1.60. The molecule has 4 nitrogen and oxygen atoms in total. The highest BCUT2D eigenvalue weighted by Crippen LogP contribution is 2.35. The van der Waals surface area contributed by atoms with E-state index in [2.05, 4.69) is 10.2 Å². The van der Waals surface area contributed by atoms with Crippen molar-refractivity contribution in [1.82, 2.24) is 4.98 Å². The monoisotopic (exact) mass is 166 g/mol. The fourth-order valence-electron chi connectivity index (χ4n) is 1.77. The van der Waals surface area contributed by atoms with Crippen molar-refractivity contribution in [3.05, 3.63) is 16.0 Å². The van der Waals surface area contributed by atoms with Crippen molar-refractivity contribution in [1.29, 1.82) is 0 Å². The predicted molar refractivity (Wildman–Crippen MR) is 44.6 cm³/mol. The third-order valence-corrected chi connectivity index (χ3v) is 2.37. The fraction of sp³-hybridized carbons (Fsp3) is 0.500. The average Bonchev–Trinajstić information content (AvgIpc) is 2.44. The maximum atomic E-state index is 10.3. The highest BCUT2D eigenvalue weighted by atomic mass is 16.3. The van der Waals surface area contributed by atoms with Crippen LogP contribution in [0.2, 0.25) is 0 Å². The Morgan fingerprint density at radius 2 is 1.92 bits per heavy atom. The van der Waals surface area contributed by atoms with Crippen LogP contribution in [-0.2, 0) is 12.8 Å². The summed E-state index contributed by atoms with van der Waals surface area (Å²) >= 11 is 0. The lowest BCUT2D eigenvalue weighted by molar-refractivity contribution is 0.447. The molecule has 1 aromatic heterocycles. The van der Waals surface area contributed by atoms with Gasteiger partial charge in [0.1, 0.15) is 0 Å². The number of nitroso groups, excluding NO2 is 1. The summed E-state index contributed by atoms with van der Waals surface area (Å²) in [7, 11) is 0. The maximum Gasteiger partial charge on any atom is 0.193 e. The maximum absolute atomic E-state index is 10.3. The number of fused-ring (bicyclic) bond motifs is 1. The first-order valence-corrected chi connectivity index (χ1v) is 4.09. The summed E-state index contributed by atoms with van der Waals surface area (Å²) < 4.78 is 0. The highest BCUT2D eigenvalue weighted by Gasteiger charge is 2.20. The van der Waals surface area contributed by atoms with Gasteiger partial charge in [-0.05, 0) is 30.9 Å². The number of hydrogen-bond donors (Lipinski definition) is 2. The summed E-state index contributed by atoms with van der Waals surface area (Å²) in [6.45, 7) is 0. The van der Waals surface area contributed by atoms with E-state index in [0.717, 1.165) is 36.8 Å². The molecule has 2 rings (SSSR count). The van der Waals surface area contributed by atoms with Crippen LogP contribution in [0.25, 0.3) is 0 Å². The predicted octanol–water partition coefficient (Wildman–Crippen LogP) is 2.00. The molecular weight excluding hydrogens is 156 g/mol. The van der Waals surface area contributed by atoms with Crippen molar-refractivity contribution in [2.45, 2.75) is 25.7 Å². The molecule has 0 saturated carbocycles. The standard InChI is InChI=1S/C8H10N2O2/c11-8-6-4-2-1-3-5(6)7(9-8)10-12/h9,11H,1-4H2. The van der Waals surface area contributed by atoms with Crippen LogP contribution in [-0.4, -0.2) is 10.1 Å². The van der Waals surface area contributed by atoms with E-state index in [4.69, 9.17) is 0 Å². The average molecular weight is 166 g/mol. The largest absolute Gasteiger partial charge is 0.494 e. The number of rotatable bonds is 1. The first kappa shape index (κ1) is 7.34. The Bertz CT molecular complexity index is 317. The molecule has 4 heteroatoms. The van der Waals surface area contributed by atoms with Gasteiger partial charge < -0.3 is 10.1 Å². The van der Waals surface area contributed by atoms with Crippen molar-refractivity contribution in [3.63, 3.8) is 0 Å². The first-order valence-electron chi connectivity index (χ1n) is 4.09. The van der Waals surface area contributed by atoms with Gasteiger partial charge in [0, 0.05) is 11.1 Å². The molecule has 0 unspecified atom stereocenters. The van der Waals surface area contributed by atoms with Crippen molar-refractivity contribution in [2.75, 3.05) is 0 Å². The van der Waals surface area contributed by atoms with Crippen LogP contribution < -0.4 is 0 Å². The van der Waals surface area contributed by atoms with Gasteiger partial charge in [-0.3, -0.25) is 0 Å². The molecule has 1 aliphatic carbocycles. The van der Waals surface area contributed by atoms with Gasteiger partial charge in [0.2, 0.25) is 0 Å². The van der Waals surface area contributed by atoms with Gasteiger partial charge in [0.25, 0.3) is 0 Å². The Labute approximate surface area is 69.6 Å². The number of nitrogens with one attached hydrogen (secondary N) is 1. The molecule has 0 bridgehead atoms. The molecule has 2 N–H and O–H groups in total. The molecule has 0 saturated heterocycles. The number of aromatic hydroxyl groups is 1. The molecule has 0 aromatic carbocycles. The minimum Gasteiger partial charge on any atom is -0.494 e. The van der Waals surface area contributed by atoms with Crippen molar-refractivity contribution in [3.8, 4) is 5.88 Å². The Morgan fingerprint density at radius 3 is 2.58 bits per heavy atom. The van der Waals surface area contributed by atoms with Crippen LogP contribution in [0, 0.1) is 4.91 Å². The molecular formula is C8H10N2O2. The Morgan fingerprint density at radius 1 is 1.25 bits per heavy atom. The fourth-order valence-corrected chi connectivity index (χ4v) is 1.77. The van der Waals surface area contributed by atoms with Gasteiger partial charge in [-0.2, -0.15) is 0 Å². The minimum atomic E-state index is 0.124. The van der Waals surface area contributed by atoms with E-state index in [-0.39, 0.29) is 5.88 Å². The zero-order chi connectivity index (χ0) is 8.55. The molecule has 64 valence electrons. The van der Waals surface area contributed by atoms with E-state index in [9.17, 15) is 10.0 Å². The second-order valence-corrected chi connectivity index (χ2v) is 3.08. The molecule has 1 aliphatic rings.